The molecule has 0 radical (unpaired) electrons. The van der Waals surface area contributed by atoms with Gasteiger partial charge in [-0.25, -0.2) is 4.98 Å². The van der Waals surface area contributed by atoms with E-state index in [0.717, 1.165) is 25.9 Å². The second kappa shape index (κ2) is 8.23. The first-order valence-corrected chi connectivity index (χ1v) is 9.16. The average molecular weight is 386 g/mol. The molecule has 7 nitrogen and oxygen atoms in total. The van der Waals surface area contributed by atoms with Crippen molar-refractivity contribution in [2.45, 2.75) is 26.3 Å². The normalized spacial score (nSPS) is 14.6. The summed E-state index contributed by atoms with van der Waals surface area (Å²) < 4.78 is 1.26. The van der Waals surface area contributed by atoms with Gasteiger partial charge in [-0.1, -0.05) is 30.7 Å². The third kappa shape index (κ3) is 4.29. The lowest BCUT2D eigenvalue weighted by Crippen LogP contribution is -2.40. The van der Waals surface area contributed by atoms with E-state index in [1.807, 2.05) is 11.0 Å². The number of halogens is 1. The Kier molecular flexibility index (Phi) is 5.77. The molecule has 1 amide bonds. The largest absolute Gasteiger partial charge is 0.342 e. The van der Waals surface area contributed by atoms with E-state index in [-0.39, 0.29) is 12.1 Å². The molecule has 2 aromatic rings. The van der Waals surface area contributed by atoms with Crippen molar-refractivity contribution in [2.75, 3.05) is 23.3 Å². The Hall–Kier alpha value is -2.85. The van der Waals surface area contributed by atoms with Gasteiger partial charge in [0.1, 0.15) is 18.2 Å². The number of para-hydroxylation sites is 1. The van der Waals surface area contributed by atoms with Crippen molar-refractivity contribution in [3.8, 4) is 6.07 Å². The fourth-order valence-electron chi connectivity index (χ4n) is 3.06. The van der Waals surface area contributed by atoms with E-state index >= 15 is 0 Å². The number of hydrogen-bond donors (Lipinski definition) is 1. The SMILES string of the molecule is CC1CCN(c2ncc(C#N)c(=O)n2CC(=O)Nc2ccccc2Cl)CC1. The van der Waals surface area contributed by atoms with Gasteiger partial charge in [0.25, 0.3) is 5.56 Å². The predicted octanol–water partition coefficient (Wildman–Crippen LogP) is 2.64. The van der Waals surface area contributed by atoms with Gasteiger partial charge >= 0.3 is 0 Å². The van der Waals surface area contributed by atoms with Crippen LogP contribution < -0.4 is 15.8 Å². The average Bonchev–Trinajstić information content (AvgIpc) is 2.66. The number of hydrogen-bond acceptors (Lipinski definition) is 5. The maximum Gasteiger partial charge on any atom is 0.273 e. The monoisotopic (exact) mass is 385 g/mol. The first kappa shape index (κ1) is 18.9. The second-order valence-electron chi connectivity index (χ2n) is 6.67. The minimum Gasteiger partial charge on any atom is -0.342 e. The molecule has 0 aliphatic carbocycles. The predicted molar refractivity (Wildman–Crippen MR) is 104 cm³/mol. The topological polar surface area (TPSA) is 91.0 Å². The fourth-order valence-corrected chi connectivity index (χ4v) is 3.24. The molecule has 1 saturated heterocycles. The van der Waals surface area contributed by atoms with Crippen molar-refractivity contribution in [1.29, 1.82) is 5.26 Å². The minimum absolute atomic E-state index is 0.0883. The van der Waals surface area contributed by atoms with Gasteiger partial charge in [0.15, 0.2) is 0 Å². The van der Waals surface area contributed by atoms with Crippen LogP contribution in [0.4, 0.5) is 11.6 Å². The molecule has 0 unspecified atom stereocenters. The van der Waals surface area contributed by atoms with Crippen LogP contribution >= 0.6 is 11.6 Å². The number of anilines is 2. The second-order valence-corrected chi connectivity index (χ2v) is 7.08. The number of carbonyl (C=O) groups is 1. The van der Waals surface area contributed by atoms with Crippen molar-refractivity contribution < 1.29 is 4.79 Å². The molecule has 0 bridgehead atoms. The van der Waals surface area contributed by atoms with Crippen molar-refractivity contribution in [3.63, 3.8) is 0 Å². The number of nitrogens with zero attached hydrogens (tertiary/aromatic N) is 4. The highest BCUT2D eigenvalue weighted by atomic mass is 35.5. The van der Waals surface area contributed by atoms with E-state index in [4.69, 9.17) is 16.9 Å². The van der Waals surface area contributed by atoms with Gasteiger partial charge in [-0.2, -0.15) is 5.26 Å². The van der Waals surface area contributed by atoms with Crippen LogP contribution in [0.2, 0.25) is 5.02 Å². The maximum atomic E-state index is 12.7. The number of piperidine rings is 1. The van der Waals surface area contributed by atoms with Crippen LogP contribution in [0, 0.1) is 17.2 Å². The highest BCUT2D eigenvalue weighted by molar-refractivity contribution is 6.33. The molecule has 0 atom stereocenters. The van der Waals surface area contributed by atoms with E-state index in [9.17, 15) is 9.59 Å². The Morgan fingerprint density at radius 1 is 1.37 bits per heavy atom. The molecular weight excluding hydrogens is 366 g/mol. The van der Waals surface area contributed by atoms with Gasteiger partial charge in [-0.3, -0.25) is 14.2 Å². The van der Waals surface area contributed by atoms with E-state index < -0.39 is 11.5 Å². The highest BCUT2D eigenvalue weighted by Crippen LogP contribution is 2.22. The molecular formula is C19H20ClN5O2. The Balaban J connectivity index is 1.88. The smallest absolute Gasteiger partial charge is 0.273 e. The van der Waals surface area contributed by atoms with Crippen molar-refractivity contribution in [3.05, 3.63) is 51.4 Å². The van der Waals surface area contributed by atoms with E-state index in [1.54, 1.807) is 24.3 Å². The standard InChI is InChI=1S/C19H20ClN5O2/c1-13-6-8-24(9-7-13)19-22-11-14(10-21)18(27)25(19)12-17(26)23-16-5-3-2-4-15(16)20/h2-5,11,13H,6-9,12H2,1H3,(H,23,26). The maximum absolute atomic E-state index is 12.7. The summed E-state index contributed by atoms with van der Waals surface area (Å²) in [5.41, 5.74) is -0.139. The molecule has 0 spiro atoms. The molecule has 3 rings (SSSR count). The third-order valence-electron chi connectivity index (χ3n) is 4.66. The summed E-state index contributed by atoms with van der Waals surface area (Å²) in [7, 11) is 0. The van der Waals surface area contributed by atoms with Crippen LogP contribution in [-0.2, 0) is 11.3 Å². The number of benzene rings is 1. The van der Waals surface area contributed by atoms with Crippen LogP contribution in [0.1, 0.15) is 25.3 Å². The minimum atomic E-state index is -0.518. The summed E-state index contributed by atoms with van der Waals surface area (Å²) in [4.78, 5) is 31.5. The first-order chi connectivity index (χ1) is 13.0. The quantitative estimate of drug-likeness (QED) is 0.873. The first-order valence-electron chi connectivity index (χ1n) is 8.79. The molecule has 8 heteroatoms. The van der Waals surface area contributed by atoms with Crippen LogP contribution in [0.3, 0.4) is 0 Å². The molecule has 27 heavy (non-hydrogen) atoms. The van der Waals surface area contributed by atoms with Crippen molar-refractivity contribution in [1.82, 2.24) is 9.55 Å². The lowest BCUT2D eigenvalue weighted by molar-refractivity contribution is -0.116. The number of nitriles is 1. The Bertz CT molecular complexity index is 942. The van der Waals surface area contributed by atoms with Crippen LogP contribution in [0.5, 0.6) is 0 Å². The van der Waals surface area contributed by atoms with Gasteiger partial charge < -0.3 is 10.2 Å². The Labute approximate surface area is 162 Å². The number of amides is 1. The molecule has 1 aromatic heterocycles. The zero-order chi connectivity index (χ0) is 19.4. The zero-order valence-electron chi connectivity index (χ0n) is 15.0. The number of aromatic nitrogens is 2. The molecule has 140 valence electrons. The fraction of sp³-hybridized carbons (Fsp3) is 0.368. The number of rotatable bonds is 4. The van der Waals surface area contributed by atoms with Gasteiger partial charge in [0.2, 0.25) is 11.9 Å². The lowest BCUT2D eigenvalue weighted by atomic mass is 10.00. The molecule has 1 aliphatic heterocycles. The molecule has 0 saturated carbocycles. The zero-order valence-corrected chi connectivity index (χ0v) is 15.7. The van der Waals surface area contributed by atoms with Crippen molar-refractivity contribution >= 4 is 29.1 Å². The van der Waals surface area contributed by atoms with E-state index in [1.165, 1.54) is 10.8 Å². The molecule has 1 fully saturated rings. The van der Waals surface area contributed by atoms with Gasteiger partial charge in [-0.15, -0.1) is 0 Å². The Morgan fingerprint density at radius 2 is 2.07 bits per heavy atom. The Morgan fingerprint density at radius 3 is 2.74 bits per heavy atom. The molecule has 2 heterocycles. The van der Waals surface area contributed by atoms with E-state index in [0.29, 0.717) is 22.6 Å². The van der Waals surface area contributed by atoms with E-state index in [2.05, 4.69) is 17.2 Å². The summed E-state index contributed by atoms with van der Waals surface area (Å²) >= 11 is 6.07. The van der Waals surface area contributed by atoms with Crippen LogP contribution in [-0.4, -0.2) is 28.5 Å². The number of nitrogens with one attached hydrogen (secondary N) is 1. The molecule has 1 aromatic carbocycles. The molecule has 1 N–H and O–H groups in total. The highest BCUT2D eigenvalue weighted by Gasteiger charge is 2.22. The van der Waals surface area contributed by atoms with Crippen LogP contribution in [0.15, 0.2) is 35.3 Å². The molecule has 1 aliphatic rings. The summed E-state index contributed by atoms with van der Waals surface area (Å²) in [6, 6.07) is 8.70. The number of carbonyl (C=O) groups excluding carboxylic acids is 1. The van der Waals surface area contributed by atoms with Gasteiger partial charge in [-0.05, 0) is 30.9 Å². The third-order valence-corrected chi connectivity index (χ3v) is 4.99. The summed E-state index contributed by atoms with van der Waals surface area (Å²) in [5, 5.41) is 12.3. The van der Waals surface area contributed by atoms with Crippen molar-refractivity contribution in [2.24, 2.45) is 5.92 Å². The summed E-state index contributed by atoms with van der Waals surface area (Å²) in [5.74, 6) is 0.622. The summed E-state index contributed by atoms with van der Waals surface area (Å²) in [6.07, 6.45) is 3.25. The van der Waals surface area contributed by atoms with Crippen LogP contribution in [0.25, 0.3) is 0 Å². The van der Waals surface area contributed by atoms with Gasteiger partial charge in [0, 0.05) is 13.1 Å². The summed E-state index contributed by atoms with van der Waals surface area (Å²) in [6.45, 7) is 3.46. The van der Waals surface area contributed by atoms with Gasteiger partial charge in [0.05, 0.1) is 16.9 Å². The lowest BCUT2D eigenvalue weighted by Gasteiger charge is -2.32.